The number of aromatic nitrogens is 4. The third kappa shape index (κ3) is 4.83. The number of hydrogen-bond donors (Lipinski definition) is 0. The molecule has 11 rings (SSSR count). The molecule has 0 atom stereocenters. The molecule has 0 aliphatic heterocycles. The molecule has 0 radical (unpaired) electrons. The molecule has 0 saturated carbocycles. The molecule has 252 valence electrons. The molecular weight excluding hydrogens is 661 g/mol. The van der Waals surface area contributed by atoms with Gasteiger partial charge in [-0.3, -0.25) is 4.57 Å². The summed E-state index contributed by atoms with van der Waals surface area (Å²) in [7, 11) is 0. The average molecular weight is 691 g/mol. The quantitative estimate of drug-likeness (QED) is 0.180. The van der Waals surface area contributed by atoms with Crippen LogP contribution in [0.4, 0.5) is 0 Å². The molecule has 0 aliphatic carbocycles. The number of fused-ring (bicyclic) bond motifs is 8. The van der Waals surface area contributed by atoms with Crippen LogP contribution in [0.2, 0.25) is 0 Å². The minimum Gasteiger partial charge on any atom is -0.455 e. The standard InChI is InChI=1S/C49H30N4O/c1-4-13-31(14-5-1)35-24-27-42-40(29-35)41-30-36(32-15-6-2-7-16-32)25-28-43(41)53(42)49-51-47(34-17-8-3-9-18-34)50-48(52-49)39-21-12-19-33-23-26-38-37-20-10-11-22-44(37)54-46(38)45(33)39/h1-30H. The second kappa shape index (κ2) is 12.1. The average Bonchev–Trinajstić information content (AvgIpc) is 3.79. The third-order valence-corrected chi connectivity index (χ3v) is 10.5. The van der Waals surface area contributed by atoms with Crippen LogP contribution in [0.3, 0.4) is 0 Å². The van der Waals surface area contributed by atoms with Gasteiger partial charge in [0.1, 0.15) is 11.2 Å². The van der Waals surface area contributed by atoms with Crippen molar-refractivity contribution in [3.63, 3.8) is 0 Å². The summed E-state index contributed by atoms with van der Waals surface area (Å²) in [4.78, 5) is 15.8. The maximum Gasteiger partial charge on any atom is 0.238 e. The van der Waals surface area contributed by atoms with Crippen LogP contribution < -0.4 is 0 Å². The van der Waals surface area contributed by atoms with Gasteiger partial charge in [0.05, 0.1) is 11.0 Å². The molecule has 0 N–H and O–H groups in total. The van der Waals surface area contributed by atoms with Crippen molar-refractivity contribution >= 4 is 54.5 Å². The first-order valence-corrected chi connectivity index (χ1v) is 18.1. The molecule has 5 nitrogen and oxygen atoms in total. The van der Waals surface area contributed by atoms with Crippen LogP contribution in [0, 0.1) is 0 Å². The zero-order valence-electron chi connectivity index (χ0n) is 29.0. The lowest BCUT2D eigenvalue weighted by molar-refractivity contribution is 0.672. The summed E-state index contributed by atoms with van der Waals surface area (Å²) in [6.07, 6.45) is 0. The van der Waals surface area contributed by atoms with Crippen molar-refractivity contribution in [1.82, 2.24) is 19.5 Å². The maximum atomic E-state index is 6.58. The number of para-hydroxylation sites is 1. The molecule has 3 aromatic heterocycles. The smallest absolute Gasteiger partial charge is 0.238 e. The molecule has 54 heavy (non-hydrogen) atoms. The largest absolute Gasteiger partial charge is 0.455 e. The normalized spacial score (nSPS) is 11.7. The lowest BCUT2D eigenvalue weighted by Crippen LogP contribution is -2.06. The summed E-state index contributed by atoms with van der Waals surface area (Å²) in [6.45, 7) is 0. The number of benzene rings is 8. The highest BCUT2D eigenvalue weighted by molar-refractivity contribution is 6.18. The van der Waals surface area contributed by atoms with Gasteiger partial charge in [-0.05, 0) is 64.0 Å². The first kappa shape index (κ1) is 30.3. The lowest BCUT2D eigenvalue weighted by Gasteiger charge is -2.12. The van der Waals surface area contributed by atoms with Crippen molar-refractivity contribution in [3.05, 3.63) is 182 Å². The van der Waals surface area contributed by atoms with Crippen LogP contribution in [0.15, 0.2) is 186 Å². The van der Waals surface area contributed by atoms with Crippen LogP contribution in [0.5, 0.6) is 0 Å². The van der Waals surface area contributed by atoms with Gasteiger partial charge in [-0.15, -0.1) is 0 Å². The van der Waals surface area contributed by atoms with Gasteiger partial charge in [-0.1, -0.05) is 146 Å². The van der Waals surface area contributed by atoms with E-state index in [9.17, 15) is 0 Å². The summed E-state index contributed by atoms with van der Waals surface area (Å²) in [5, 5.41) is 6.43. The van der Waals surface area contributed by atoms with E-state index in [0.29, 0.717) is 17.6 Å². The predicted molar refractivity (Wildman–Crippen MR) is 221 cm³/mol. The Labute approximate surface area is 310 Å². The molecule has 8 aromatic carbocycles. The van der Waals surface area contributed by atoms with Crippen LogP contribution in [-0.2, 0) is 0 Å². The molecule has 0 bridgehead atoms. The van der Waals surface area contributed by atoms with E-state index >= 15 is 0 Å². The Morgan fingerprint density at radius 2 is 0.981 bits per heavy atom. The summed E-state index contributed by atoms with van der Waals surface area (Å²) in [6, 6.07) is 63.3. The second-order valence-electron chi connectivity index (χ2n) is 13.6. The molecular formula is C49H30N4O. The summed E-state index contributed by atoms with van der Waals surface area (Å²) >= 11 is 0. The van der Waals surface area contributed by atoms with Gasteiger partial charge in [-0.25, -0.2) is 4.98 Å². The van der Waals surface area contributed by atoms with Gasteiger partial charge in [0.2, 0.25) is 5.95 Å². The number of furan rings is 1. The maximum absolute atomic E-state index is 6.58. The third-order valence-electron chi connectivity index (χ3n) is 10.5. The molecule has 0 amide bonds. The monoisotopic (exact) mass is 690 g/mol. The van der Waals surface area contributed by atoms with E-state index in [1.165, 1.54) is 11.1 Å². The Kier molecular flexibility index (Phi) is 6.79. The SMILES string of the molecule is c1ccc(-c2ccc3c(c2)c2cc(-c4ccccc4)ccc2n3-c2nc(-c3ccccc3)nc(-c3cccc4ccc5c6ccccc6oc5c34)n2)cc1. The van der Waals surface area contributed by atoms with Gasteiger partial charge >= 0.3 is 0 Å². The van der Waals surface area contributed by atoms with E-state index in [0.717, 1.165) is 76.8 Å². The van der Waals surface area contributed by atoms with Crippen molar-refractivity contribution in [3.8, 4) is 51.0 Å². The Morgan fingerprint density at radius 1 is 0.389 bits per heavy atom. The summed E-state index contributed by atoms with van der Waals surface area (Å²) < 4.78 is 8.77. The number of hydrogen-bond acceptors (Lipinski definition) is 4. The molecule has 3 heterocycles. The van der Waals surface area contributed by atoms with E-state index in [1.807, 2.05) is 42.5 Å². The van der Waals surface area contributed by atoms with E-state index in [1.54, 1.807) is 0 Å². The highest BCUT2D eigenvalue weighted by Gasteiger charge is 2.21. The lowest BCUT2D eigenvalue weighted by atomic mass is 10.0. The van der Waals surface area contributed by atoms with Crippen molar-refractivity contribution in [2.24, 2.45) is 0 Å². The zero-order valence-corrected chi connectivity index (χ0v) is 29.0. The van der Waals surface area contributed by atoms with Gasteiger partial charge in [0, 0.05) is 38.1 Å². The fourth-order valence-electron chi connectivity index (χ4n) is 7.90. The fraction of sp³-hybridized carbons (Fsp3) is 0. The molecule has 0 saturated heterocycles. The van der Waals surface area contributed by atoms with E-state index < -0.39 is 0 Å². The number of nitrogens with zero attached hydrogens (tertiary/aromatic N) is 4. The Balaban J connectivity index is 1.21. The van der Waals surface area contributed by atoms with E-state index in [2.05, 4.69) is 144 Å². The first-order chi connectivity index (χ1) is 26.8. The Hall–Kier alpha value is -7.37. The fourth-order valence-corrected chi connectivity index (χ4v) is 7.90. The molecule has 11 aromatic rings. The zero-order chi connectivity index (χ0) is 35.6. The van der Waals surface area contributed by atoms with Crippen LogP contribution in [-0.4, -0.2) is 19.5 Å². The van der Waals surface area contributed by atoms with Gasteiger partial charge in [0.25, 0.3) is 0 Å². The van der Waals surface area contributed by atoms with Crippen LogP contribution in [0.25, 0.3) is 105 Å². The van der Waals surface area contributed by atoms with Gasteiger partial charge in [0.15, 0.2) is 11.6 Å². The molecule has 0 spiro atoms. The van der Waals surface area contributed by atoms with Crippen LogP contribution in [0.1, 0.15) is 0 Å². The van der Waals surface area contributed by atoms with Crippen molar-refractivity contribution in [2.45, 2.75) is 0 Å². The van der Waals surface area contributed by atoms with Gasteiger partial charge < -0.3 is 4.42 Å². The molecule has 0 unspecified atom stereocenters. The summed E-state index contributed by atoms with van der Waals surface area (Å²) in [5.41, 5.74) is 10.1. The highest BCUT2D eigenvalue weighted by Crippen LogP contribution is 2.40. The number of rotatable bonds is 5. The van der Waals surface area contributed by atoms with Crippen molar-refractivity contribution in [1.29, 1.82) is 0 Å². The van der Waals surface area contributed by atoms with Crippen molar-refractivity contribution < 1.29 is 4.42 Å². The highest BCUT2D eigenvalue weighted by atomic mass is 16.3. The van der Waals surface area contributed by atoms with Crippen molar-refractivity contribution in [2.75, 3.05) is 0 Å². The van der Waals surface area contributed by atoms with Crippen LogP contribution >= 0.6 is 0 Å². The van der Waals surface area contributed by atoms with Gasteiger partial charge in [-0.2, -0.15) is 9.97 Å². The van der Waals surface area contributed by atoms with E-state index in [-0.39, 0.29) is 0 Å². The minimum atomic E-state index is 0.549. The molecule has 0 fully saturated rings. The van der Waals surface area contributed by atoms with E-state index in [4.69, 9.17) is 19.4 Å². The molecule has 5 heteroatoms. The Bertz CT molecular complexity index is 3110. The second-order valence-corrected chi connectivity index (χ2v) is 13.6. The first-order valence-electron chi connectivity index (χ1n) is 18.1. The summed E-state index contributed by atoms with van der Waals surface area (Å²) in [5.74, 6) is 1.72. The predicted octanol–water partition coefficient (Wildman–Crippen LogP) is 12.7. The topological polar surface area (TPSA) is 56.7 Å². The molecule has 0 aliphatic rings. The minimum absolute atomic E-state index is 0.549. The Morgan fingerprint density at radius 3 is 1.65 bits per heavy atom.